The molecule has 1 aliphatic rings. The Kier molecular flexibility index (Phi) is 3.29. The van der Waals surface area contributed by atoms with Crippen LogP contribution in [0.5, 0.6) is 0 Å². The first kappa shape index (κ1) is 11.2. The molecule has 2 heterocycles. The monoisotopic (exact) mass is 221 g/mol. The number of ether oxygens (including phenoxy) is 1. The van der Waals surface area contributed by atoms with Gasteiger partial charge in [-0.25, -0.2) is 4.98 Å². The van der Waals surface area contributed by atoms with Gasteiger partial charge in [0.2, 0.25) is 0 Å². The van der Waals surface area contributed by atoms with Gasteiger partial charge in [0.05, 0.1) is 12.2 Å². The Morgan fingerprint density at radius 1 is 1.38 bits per heavy atom. The van der Waals surface area contributed by atoms with E-state index in [4.69, 9.17) is 4.74 Å². The van der Waals surface area contributed by atoms with Crippen molar-refractivity contribution in [3.8, 4) is 0 Å². The second-order valence-electron chi connectivity index (χ2n) is 4.31. The molecule has 0 radical (unpaired) electrons. The largest absolute Gasteiger partial charge is 0.373 e. The molecule has 0 spiro atoms. The zero-order valence-corrected chi connectivity index (χ0v) is 10.1. The molecule has 1 aromatic rings. The second-order valence-corrected chi connectivity index (χ2v) is 4.31. The molecule has 2 rings (SSSR count). The molecule has 88 valence electrons. The summed E-state index contributed by atoms with van der Waals surface area (Å²) in [6.07, 6.45) is 2.41. The van der Waals surface area contributed by atoms with Crippen LogP contribution in [0.4, 0.5) is 11.5 Å². The number of hydrogen-bond acceptors (Lipinski definition) is 4. The number of hydrogen-bond donors (Lipinski definition) is 1. The van der Waals surface area contributed by atoms with E-state index in [0.29, 0.717) is 0 Å². The van der Waals surface area contributed by atoms with Crippen LogP contribution in [0.15, 0.2) is 18.3 Å². The van der Waals surface area contributed by atoms with Gasteiger partial charge in [0.25, 0.3) is 0 Å². The van der Waals surface area contributed by atoms with Crippen molar-refractivity contribution in [2.45, 2.75) is 26.1 Å². The molecule has 1 N–H and O–H groups in total. The van der Waals surface area contributed by atoms with Gasteiger partial charge in [-0.15, -0.1) is 0 Å². The predicted octanol–water partition coefficient (Wildman–Crippen LogP) is 1.74. The van der Waals surface area contributed by atoms with Crippen molar-refractivity contribution < 1.29 is 4.74 Å². The first-order valence-electron chi connectivity index (χ1n) is 5.73. The summed E-state index contributed by atoms with van der Waals surface area (Å²) in [6, 6.07) is 4.12. The maximum absolute atomic E-state index is 5.72. The molecule has 0 unspecified atom stereocenters. The van der Waals surface area contributed by atoms with Crippen LogP contribution in [0.25, 0.3) is 0 Å². The van der Waals surface area contributed by atoms with Crippen LogP contribution in [0.1, 0.15) is 13.8 Å². The Bertz CT molecular complexity index is 346. The molecule has 4 heteroatoms. The van der Waals surface area contributed by atoms with Crippen LogP contribution >= 0.6 is 0 Å². The average Bonchev–Trinajstić information content (AvgIpc) is 2.28. The number of nitrogens with zero attached hydrogens (tertiary/aromatic N) is 2. The lowest BCUT2D eigenvalue weighted by atomic mass is 10.2. The Labute approximate surface area is 96.6 Å². The highest BCUT2D eigenvalue weighted by molar-refractivity contribution is 5.54. The Morgan fingerprint density at radius 2 is 2.06 bits per heavy atom. The number of pyridine rings is 1. The Balaban J connectivity index is 2.16. The summed E-state index contributed by atoms with van der Waals surface area (Å²) in [6.45, 7) is 6.11. The van der Waals surface area contributed by atoms with Gasteiger partial charge in [-0.3, -0.25) is 0 Å². The first-order valence-corrected chi connectivity index (χ1v) is 5.73. The molecule has 0 saturated carbocycles. The number of nitrogens with one attached hydrogen (secondary N) is 1. The SMILES string of the molecule is CNc1cc(N2C[C@@H](C)O[C@@H](C)C2)ccn1. The molecule has 16 heavy (non-hydrogen) atoms. The van der Waals surface area contributed by atoms with Crippen molar-refractivity contribution in [1.82, 2.24) is 4.98 Å². The van der Waals surface area contributed by atoms with Crippen LogP contribution < -0.4 is 10.2 Å². The number of anilines is 2. The first-order chi connectivity index (χ1) is 7.69. The second kappa shape index (κ2) is 4.70. The molecule has 0 aromatic carbocycles. The molecule has 1 saturated heterocycles. The topological polar surface area (TPSA) is 37.4 Å². The zero-order chi connectivity index (χ0) is 11.5. The zero-order valence-electron chi connectivity index (χ0n) is 10.1. The summed E-state index contributed by atoms with van der Waals surface area (Å²) in [5.41, 5.74) is 1.21. The minimum Gasteiger partial charge on any atom is -0.373 e. The van der Waals surface area contributed by atoms with Gasteiger partial charge in [-0.05, 0) is 19.9 Å². The highest BCUT2D eigenvalue weighted by Gasteiger charge is 2.22. The van der Waals surface area contributed by atoms with Gasteiger partial charge in [0.1, 0.15) is 5.82 Å². The van der Waals surface area contributed by atoms with Gasteiger partial charge < -0.3 is 15.0 Å². The van der Waals surface area contributed by atoms with E-state index in [0.717, 1.165) is 18.9 Å². The normalized spacial score (nSPS) is 25.6. The summed E-state index contributed by atoms with van der Waals surface area (Å²) in [5, 5.41) is 3.06. The lowest BCUT2D eigenvalue weighted by molar-refractivity contribution is -0.00521. The van der Waals surface area contributed by atoms with Crippen molar-refractivity contribution >= 4 is 11.5 Å². The lowest BCUT2D eigenvalue weighted by Crippen LogP contribution is -2.45. The van der Waals surface area contributed by atoms with Crippen molar-refractivity contribution in [3.05, 3.63) is 18.3 Å². The van der Waals surface area contributed by atoms with E-state index in [2.05, 4.69) is 35.1 Å². The fraction of sp³-hybridized carbons (Fsp3) is 0.583. The summed E-state index contributed by atoms with van der Waals surface area (Å²) >= 11 is 0. The molecule has 1 aromatic heterocycles. The highest BCUT2D eigenvalue weighted by atomic mass is 16.5. The third kappa shape index (κ3) is 2.44. The van der Waals surface area contributed by atoms with Crippen molar-refractivity contribution in [1.29, 1.82) is 0 Å². The van der Waals surface area contributed by atoms with Gasteiger partial charge >= 0.3 is 0 Å². The minimum absolute atomic E-state index is 0.287. The van der Waals surface area contributed by atoms with E-state index in [1.165, 1.54) is 5.69 Å². The van der Waals surface area contributed by atoms with Crippen LogP contribution in [0, 0.1) is 0 Å². The van der Waals surface area contributed by atoms with Crippen molar-refractivity contribution in [2.75, 3.05) is 30.4 Å². The summed E-state index contributed by atoms with van der Waals surface area (Å²) in [7, 11) is 1.89. The third-order valence-electron chi connectivity index (χ3n) is 2.78. The van der Waals surface area contributed by atoms with Gasteiger partial charge in [-0.2, -0.15) is 0 Å². The Morgan fingerprint density at radius 3 is 2.69 bits per heavy atom. The van der Waals surface area contributed by atoms with Crippen molar-refractivity contribution in [2.24, 2.45) is 0 Å². The van der Waals surface area contributed by atoms with Crippen LogP contribution in [0.2, 0.25) is 0 Å². The van der Waals surface area contributed by atoms with E-state index in [9.17, 15) is 0 Å². The molecule has 2 atom stereocenters. The van der Waals surface area contributed by atoms with Crippen LogP contribution in [-0.2, 0) is 4.74 Å². The average molecular weight is 221 g/mol. The summed E-state index contributed by atoms with van der Waals surface area (Å²) in [5.74, 6) is 0.907. The quantitative estimate of drug-likeness (QED) is 0.825. The number of morpholine rings is 1. The van der Waals surface area contributed by atoms with Crippen LogP contribution in [-0.4, -0.2) is 37.3 Å². The predicted molar refractivity (Wildman–Crippen MR) is 66.0 cm³/mol. The number of aromatic nitrogens is 1. The van der Waals surface area contributed by atoms with Crippen molar-refractivity contribution in [3.63, 3.8) is 0 Å². The minimum atomic E-state index is 0.287. The smallest absolute Gasteiger partial charge is 0.127 e. The van der Waals surface area contributed by atoms with Gasteiger partial charge in [0, 0.05) is 38.1 Å². The molecule has 1 fully saturated rings. The number of rotatable bonds is 2. The summed E-state index contributed by atoms with van der Waals surface area (Å²) in [4.78, 5) is 6.57. The molecule has 4 nitrogen and oxygen atoms in total. The summed E-state index contributed by atoms with van der Waals surface area (Å²) < 4.78 is 5.72. The van der Waals surface area contributed by atoms with E-state index in [-0.39, 0.29) is 12.2 Å². The van der Waals surface area contributed by atoms with E-state index in [1.54, 1.807) is 0 Å². The molecule has 0 bridgehead atoms. The van der Waals surface area contributed by atoms with E-state index < -0.39 is 0 Å². The molecule has 1 aliphatic heterocycles. The standard InChI is InChI=1S/C12H19N3O/c1-9-7-15(8-10(2)16-9)11-4-5-14-12(6-11)13-3/h4-6,9-10H,7-8H2,1-3H3,(H,13,14)/t9-,10+. The molecular weight excluding hydrogens is 202 g/mol. The Hall–Kier alpha value is -1.29. The molecule has 0 aliphatic carbocycles. The maximum Gasteiger partial charge on any atom is 0.127 e. The van der Waals surface area contributed by atoms with Gasteiger partial charge in [0.15, 0.2) is 0 Å². The fourth-order valence-corrected chi connectivity index (χ4v) is 2.14. The van der Waals surface area contributed by atoms with Gasteiger partial charge in [-0.1, -0.05) is 0 Å². The van der Waals surface area contributed by atoms with E-state index in [1.807, 2.05) is 19.3 Å². The fourth-order valence-electron chi connectivity index (χ4n) is 2.14. The van der Waals surface area contributed by atoms with E-state index >= 15 is 0 Å². The highest BCUT2D eigenvalue weighted by Crippen LogP contribution is 2.21. The third-order valence-corrected chi connectivity index (χ3v) is 2.78. The molecule has 0 amide bonds. The van der Waals surface area contributed by atoms with Crippen LogP contribution in [0.3, 0.4) is 0 Å². The lowest BCUT2D eigenvalue weighted by Gasteiger charge is -2.36. The molecular formula is C12H19N3O. The maximum atomic E-state index is 5.72.